The zero-order valence-electron chi connectivity index (χ0n) is 24.8. The number of thioether (sulfide) groups is 4. The van der Waals surface area contributed by atoms with Crippen molar-refractivity contribution in [3.8, 4) is 12.1 Å². The Morgan fingerprint density at radius 3 is 1.29 bits per heavy atom. The first-order valence-electron chi connectivity index (χ1n) is 13.0. The van der Waals surface area contributed by atoms with Crippen LogP contribution in [-0.4, -0.2) is 93.2 Å². The summed E-state index contributed by atoms with van der Waals surface area (Å²) < 4.78 is 32.0. The van der Waals surface area contributed by atoms with Gasteiger partial charge in [0.05, 0.1) is 38.6 Å². The van der Waals surface area contributed by atoms with E-state index in [0.29, 0.717) is 19.9 Å². The minimum absolute atomic E-state index is 0.0702. The van der Waals surface area contributed by atoms with Gasteiger partial charge in [-0.3, -0.25) is 9.59 Å². The fourth-order valence-electron chi connectivity index (χ4n) is 2.80. The lowest BCUT2D eigenvalue weighted by atomic mass is 10.1. The second-order valence-electron chi connectivity index (χ2n) is 8.86. The molecule has 0 aromatic rings. The highest BCUT2D eigenvalue weighted by Gasteiger charge is 2.28. The third-order valence-electron chi connectivity index (χ3n) is 5.22. The van der Waals surface area contributed by atoms with Gasteiger partial charge in [-0.25, -0.2) is 0 Å². The minimum Gasteiger partial charge on any atom is -0.463 e. The molecule has 0 aromatic carbocycles. The molecule has 0 rings (SSSR count). The fourth-order valence-corrected chi connectivity index (χ4v) is 6.91. The SMILES string of the molecule is CSC(=S)SC(C)(C#N)CCC(=O)OCCOC(C)OCCOC(C)OCCOC(=O)CCC(C)(C#N)SC(=S)SC. The van der Waals surface area contributed by atoms with Crippen LogP contribution in [0.25, 0.3) is 0 Å². The zero-order valence-corrected chi connectivity index (χ0v) is 29.7. The minimum atomic E-state index is -0.778. The molecule has 10 nitrogen and oxygen atoms in total. The predicted octanol–water partition coefficient (Wildman–Crippen LogP) is 5.72. The maximum atomic E-state index is 12.0. The second kappa shape index (κ2) is 23.7. The van der Waals surface area contributed by atoms with E-state index in [1.54, 1.807) is 27.7 Å². The van der Waals surface area contributed by atoms with Crippen LogP contribution in [0.15, 0.2) is 0 Å². The number of carbonyl (C=O) groups excluding carboxylic acids is 2. The van der Waals surface area contributed by atoms with E-state index in [2.05, 4.69) is 12.1 Å². The molecule has 0 amide bonds. The first-order valence-corrected chi connectivity index (χ1v) is 17.9. The summed E-state index contributed by atoms with van der Waals surface area (Å²) in [5, 5.41) is 18.8. The standard InChI is InChI=1S/C26H40N2O8S6/c1-19(33-13-15-35-21(29)7-9-25(3,17-27)41-23(37)39-5)31-11-12-32-20(2)34-14-16-36-22(30)8-10-26(4,18-28)42-24(38)40-6/h19-20H,7-16H2,1-6H3. The van der Waals surface area contributed by atoms with Crippen LogP contribution in [0.4, 0.5) is 0 Å². The number of esters is 2. The van der Waals surface area contributed by atoms with Crippen LogP contribution < -0.4 is 0 Å². The van der Waals surface area contributed by atoms with E-state index < -0.39 is 34.0 Å². The molecule has 0 spiro atoms. The average Bonchev–Trinajstić information content (AvgIpc) is 2.97. The number of hydrogen-bond donors (Lipinski definition) is 0. The van der Waals surface area contributed by atoms with Crippen LogP contribution in [0.1, 0.15) is 53.4 Å². The van der Waals surface area contributed by atoms with Crippen LogP contribution in [0.5, 0.6) is 0 Å². The number of rotatable bonds is 21. The number of nitrogens with zero attached hydrogens (tertiary/aromatic N) is 2. The molecule has 0 aliphatic heterocycles. The van der Waals surface area contributed by atoms with Crippen molar-refractivity contribution in [1.29, 1.82) is 10.5 Å². The van der Waals surface area contributed by atoms with Crippen molar-refractivity contribution < 1.29 is 38.0 Å². The number of ether oxygens (including phenoxy) is 6. The normalized spacial score (nSPS) is 15.2. The van der Waals surface area contributed by atoms with E-state index >= 15 is 0 Å². The molecule has 4 unspecified atom stereocenters. The van der Waals surface area contributed by atoms with Crippen molar-refractivity contribution >= 4 is 90.5 Å². The molecule has 0 fully saturated rings. The maximum Gasteiger partial charge on any atom is 0.305 e. The van der Waals surface area contributed by atoms with Crippen LogP contribution >= 0.6 is 71.5 Å². The van der Waals surface area contributed by atoms with Gasteiger partial charge in [0.15, 0.2) is 12.6 Å². The Hall–Kier alpha value is -0.660. The van der Waals surface area contributed by atoms with E-state index in [1.165, 1.54) is 47.0 Å². The van der Waals surface area contributed by atoms with Crippen molar-refractivity contribution in [3.05, 3.63) is 0 Å². The maximum absolute atomic E-state index is 12.0. The average molecular weight is 701 g/mol. The van der Waals surface area contributed by atoms with Crippen LogP contribution in [0.3, 0.4) is 0 Å². The number of nitriles is 2. The van der Waals surface area contributed by atoms with Gasteiger partial charge in [0.1, 0.15) is 29.8 Å². The van der Waals surface area contributed by atoms with Crippen molar-refractivity contribution in [1.82, 2.24) is 0 Å². The zero-order chi connectivity index (χ0) is 32.0. The molecular formula is C26H40N2O8S6. The third kappa shape index (κ3) is 21.1. The van der Waals surface area contributed by atoms with E-state index in [0.717, 1.165) is 0 Å². The van der Waals surface area contributed by atoms with E-state index in [1.807, 2.05) is 12.5 Å². The fraction of sp³-hybridized carbons (Fsp3) is 0.769. The van der Waals surface area contributed by atoms with Gasteiger partial charge in [-0.05, 0) is 53.0 Å². The summed E-state index contributed by atoms with van der Waals surface area (Å²) in [5.41, 5.74) is 0. The molecule has 0 heterocycles. The lowest BCUT2D eigenvalue weighted by Crippen LogP contribution is -2.24. The van der Waals surface area contributed by atoms with E-state index in [9.17, 15) is 20.1 Å². The molecule has 0 aromatic heterocycles. The highest BCUT2D eigenvalue weighted by atomic mass is 32.2. The smallest absolute Gasteiger partial charge is 0.305 e. The van der Waals surface area contributed by atoms with Crippen molar-refractivity contribution in [2.24, 2.45) is 0 Å². The van der Waals surface area contributed by atoms with Gasteiger partial charge in [0.25, 0.3) is 0 Å². The highest BCUT2D eigenvalue weighted by Crippen LogP contribution is 2.34. The molecular weight excluding hydrogens is 661 g/mol. The van der Waals surface area contributed by atoms with E-state index in [-0.39, 0.29) is 52.5 Å². The van der Waals surface area contributed by atoms with Crippen molar-refractivity contribution in [2.45, 2.75) is 75.5 Å². The molecule has 0 saturated carbocycles. The molecule has 0 bridgehead atoms. The molecule has 0 aliphatic carbocycles. The van der Waals surface area contributed by atoms with Crippen LogP contribution in [0.2, 0.25) is 0 Å². The lowest BCUT2D eigenvalue weighted by molar-refractivity contribution is -0.179. The summed E-state index contributed by atoms with van der Waals surface area (Å²) in [7, 11) is 0. The van der Waals surface area contributed by atoms with Crippen LogP contribution in [0, 0.1) is 22.7 Å². The summed E-state index contributed by atoms with van der Waals surface area (Å²) in [6.45, 7) is 7.91. The molecule has 238 valence electrons. The van der Waals surface area contributed by atoms with Gasteiger partial charge in [-0.2, -0.15) is 10.5 Å². The molecule has 16 heteroatoms. The molecule has 4 atom stereocenters. The molecule has 0 N–H and O–H groups in total. The third-order valence-corrected chi connectivity index (χ3v) is 10.7. The molecule has 0 aliphatic rings. The van der Waals surface area contributed by atoms with Crippen LogP contribution in [-0.2, 0) is 38.0 Å². The monoisotopic (exact) mass is 700 g/mol. The predicted molar refractivity (Wildman–Crippen MR) is 179 cm³/mol. The topological polar surface area (TPSA) is 137 Å². The first-order chi connectivity index (χ1) is 19.8. The summed E-state index contributed by atoms with van der Waals surface area (Å²) in [4.78, 5) is 24.0. The summed E-state index contributed by atoms with van der Waals surface area (Å²) in [6, 6.07) is 4.42. The van der Waals surface area contributed by atoms with Gasteiger partial charge in [0, 0.05) is 12.8 Å². The largest absolute Gasteiger partial charge is 0.463 e. The number of thiocarbonyl (C=S) groups is 2. The Morgan fingerprint density at radius 1 is 0.690 bits per heavy atom. The van der Waals surface area contributed by atoms with Gasteiger partial charge < -0.3 is 28.4 Å². The molecule has 0 radical (unpaired) electrons. The quantitative estimate of drug-likeness (QED) is 0.0624. The summed E-state index contributed by atoms with van der Waals surface area (Å²) in [6.07, 6.45) is 3.50. The highest BCUT2D eigenvalue weighted by molar-refractivity contribution is 8.47. The number of hydrogen-bond acceptors (Lipinski definition) is 16. The Bertz CT molecular complexity index is 873. The Kier molecular flexibility index (Phi) is 23.3. The molecule has 42 heavy (non-hydrogen) atoms. The summed E-state index contributed by atoms with van der Waals surface area (Å²) in [5.74, 6) is -0.816. The Morgan fingerprint density at radius 2 is 1.00 bits per heavy atom. The van der Waals surface area contributed by atoms with Gasteiger partial charge >= 0.3 is 11.9 Å². The van der Waals surface area contributed by atoms with Gasteiger partial charge in [0.2, 0.25) is 0 Å². The van der Waals surface area contributed by atoms with Gasteiger partial charge in [-0.15, -0.1) is 23.5 Å². The molecule has 0 saturated heterocycles. The van der Waals surface area contributed by atoms with Crippen molar-refractivity contribution in [2.75, 3.05) is 52.2 Å². The second-order valence-corrected chi connectivity index (χ2v) is 15.9. The summed E-state index contributed by atoms with van der Waals surface area (Å²) >= 11 is 15.7. The lowest BCUT2D eigenvalue weighted by Gasteiger charge is -2.20. The number of carbonyl (C=O) groups is 2. The Labute approximate surface area is 277 Å². The first kappa shape index (κ1) is 41.3. The van der Waals surface area contributed by atoms with Gasteiger partial charge in [-0.1, -0.05) is 48.0 Å². The van der Waals surface area contributed by atoms with E-state index in [4.69, 9.17) is 52.9 Å². The van der Waals surface area contributed by atoms with Crippen molar-refractivity contribution in [3.63, 3.8) is 0 Å². The Balaban J connectivity index is 3.91.